The Morgan fingerprint density at radius 2 is 1.87 bits per heavy atom. The molecule has 134 valence electrons. The molecule has 0 bridgehead atoms. The van der Waals surface area contributed by atoms with E-state index in [4.69, 9.17) is 15.5 Å². The van der Waals surface area contributed by atoms with Crippen LogP contribution in [-0.4, -0.2) is 56.5 Å². The van der Waals surface area contributed by atoms with E-state index < -0.39 is 0 Å². The first kappa shape index (κ1) is 18.9. The first-order valence-electron chi connectivity index (χ1n) is 9.18. The Labute approximate surface area is 142 Å². The largest absolute Gasteiger partial charge is 0.379 e. The van der Waals surface area contributed by atoms with Crippen molar-refractivity contribution in [1.82, 2.24) is 4.90 Å². The van der Waals surface area contributed by atoms with E-state index in [2.05, 4.69) is 45.7 Å². The SMILES string of the molecule is CC(C)(C=NC1CC(C)(C)CC(C)(CN)C1)CN1CCOCC1. The standard InChI is InChI=1S/C19H37N3O/c1-17(2)10-16(11-19(5,12-17)13-20)21-14-18(3,4)15-22-6-8-23-9-7-22/h14,16H,6-13,15,20H2,1-5H3. The van der Waals surface area contributed by atoms with E-state index in [-0.39, 0.29) is 10.8 Å². The van der Waals surface area contributed by atoms with Gasteiger partial charge in [-0.1, -0.05) is 34.6 Å². The predicted molar refractivity (Wildman–Crippen MR) is 98.1 cm³/mol. The van der Waals surface area contributed by atoms with Crippen molar-refractivity contribution in [2.45, 2.75) is 59.9 Å². The van der Waals surface area contributed by atoms with Crippen LogP contribution in [0.4, 0.5) is 0 Å². The van der Waals surface area contributed by atoms with Crippen LogP contribution >= 0.6 is 0 Å². The highest BCUT2D eigenvalue weighted by Gasteiger charge is 2.40. The average molecular weight is 324 g/mol. The van der Waals surface area contributed by atoms with Gasteiger partial charge in [0.2, 0.25) is 0 Å². The maximum atomic E-state index is 6.06. The van der Waals surface area contributed by atoms with Crippen LogP contribution in [0.1, 0.15) is 53.9 Å². The van der Waals surface area contributed by atoms with E-state index in [1.165, 1.54) is 12.8 Å². The lowest BCUT2D eigenvalue weighted by Crippen LogP contribution is -2.43. The third-order valence-corrected chi connectivity index (χ3v) is 5.28. The molecule has 23 heavy (non-hydrogen) atoms. The van der Waals surface area contributed by atoms with Crippen molar-refractivity contribution < 1.29 is 4.74 Å². The molecule has 2 fully saturated rings. The van der Waals surface area contributed by atoms with Gasteiger partial charge in [-0.15, -0.1) is 0 Å². The average Bonchev–Trinajstić information content (AvgIpc) is 2.44. The smallest absolute Gasteiger partial charge is 0.0594 e. The molecule has 1 aliphatic heterocycles. The van der Waals surface area contributed by atoms with Crippen LogP contribution in [0, 0.1) is 16.2 Å². The molecule has 0 amide bonds. The van der Waals surface area contributed by atoms with Crippen LogP contribution in [0.15, 0.2) is 4.99 Å². The molecule has 2 atom stereocenters. The minimum Gasteiger partial charge on any atom is -0.379 e. The monoisotopic (exact) mass is 323 g/mol. The minimum absolute atomic E-state index is 0.109. The fourth-order valence-corrected chi connectivity index (χ4v) is 4.52. The summed E-state index contributed by atoms with van der Waals surface area (Å²) in [6, 6.07) is 0.413. The zero-order valence-electron chi connectivity index (χ0n) is 15.9. The Bertz CT molecular complexity index is 413. The van der Waals surface area contributed by atoms with E-state index in [1.807, 2.05) is 0 Å². The maximum Gasteiger partial charge on any atom is 0.0594 e. The second kappa shape index (κ2) is 7.20. The highest BCUT2D eigenvalue weighted by molar-refractivity contribution is 5.65. The molecule has 1 saturated heterocycles. The molecule has 0 aromatic carbocycles. The van der Waals surface area contributed by atoms with Gasteiger partial charge in [0, 0.05) is 31.3 Å². The van der Waals surface area contributed by atoms with Gasteiger partial charge in [0.15, 0.2) is 0 Å². The number of morpholine rings is 1. The van der Waals surface area contributed by atoms with Crippen molar-refractivity contribution in [2.24, 2.45) is 27.0 Å². The molecule has 2 aliphatic rings. The first-order chi connectivity index (χ1) is 10.6. The molecular formula is C19H37N3O. The number of hydrogen-bond donors (Lipinski definition) is 1. The Morgan fingerprint density at radius 3 is 2.48 bits per heavy atom. The summed E-state index contributed by atoms with van der Waals surface area (Å²) in [5.41, 5.74) is 6.74. The number of rotatable bonds is 5. The van der Waals surface area contributed by atoms with Crippen LogP contribution in [0.2, 0.25) is 0 Å². The van der Waals surface area contributed by atoms with Crippen LogP contribution < -0.4 is 5.73 Å². The van der Waals surface area contributed by atoms with Gasteiger partial charge in [-0.2, -0.15) is 0 Å². The molecule has 0 aromatic rings. The normalized spacial score (nSPS) is 33.2. The summed E-state index contributed by atoms with van der Waals surface area (Å²) in [4.78, 5) is 7.51. The van der Waals surface area contributed by atoms with Crippen molar-refractivity contribution in [1.29, 1.82) is 0 Å². The molecule has 0 spiro atoms. The molecule has 4 nitrogen and oxygen atoms in total. The molecule has 2 N–H and O–H groups in total. The van der Waals surface area contributed by atoms with Crippen molar-refractivity contribution in [3.8, 4) is 0 Å². The number of hydrogen-bond acceptors (Lipinski definition) is 4. The Hall–Kier alpha value is -0.450. The fraction of sp³-hybridized carbons (Fsp3) is 0.947. The van der Waals surface area contributed by atoms with Crippen molar-refractivity contribution in [3.63, 3.8) is 0 Å². The molecular weight excluding hydrogens is 286 g/mol. The van der Waals surface area contributed by atoms with Gasteiger partial charge in [-0.05, 0) is 36.6 Å². The Morgan fingerprint density at radius 1 is 1.22 bits per heavy atom. The summed E-state index contributed by atoms with van der Waals surface area (Å²) in [7, 11) is 0. The maximum absolute atomic E-state index is 6.06. The van der Waals surface area contributed by atoms with Crippen molar-refractivity contribution in [3.05, 3.63) is 0 Å². The van der Waals surface area contributed by atoms with Crippen LogP contribution in [0.25, 0.3) is 0 Å². The van der Waals surface area contributed by atoms with Gasteiger partial charge in [0.1, 0.15) is 0 Å². The van der Waals surface area contributed by atoms with Gasteiger partial charge in [0.05, 0.1) is 19.3 Å². The number of nitrogens with zero attached hydrogens (tertiary/aromatic N) is 2. The van der Waals surface area contributed by atoms with Gasteiger partial charge < -0.3 is 10.5 Å². The zero-order valence-corrected chi connectivity index (χ0v) is 15.9. The predicted octanol–water partition coefficient (Wildman–Crippen LogP) is 2.96. The van der Waals surface area contributed by atoms with Crippen LogP contribution in [0.5, 0.6) is 0 Å². The summed E-state index contributed by atoms with van der Waals surface area (Å²) in [5.74, 6) is 0. The molecule has 4 heteroatoms. The van der Waals surface area contributed by atoms with Crippen LogP contribution in [0.3, 0.4) is 0 Å². The first-order valence-corrected chi connectivity index (χ1v) is 9.18. The minimum atomic E-state index is 0.109. The third kappa shape index (κ3) is 5.84. The second-order valence-electron chi connectivity index (χ2n) is 9.57. The number of ether oxygens (including phenoxy) is 1. The lowest BCUT2D eigenvalue weighted by atomic mass is 9.63. The van der Waals surface area contributed by atoms with E-state index >= 15 is 0 Å². The lowest BCUT2D eigenvalue weighted by Gasteiger charge is -2.45. The second-order valence-corrected chi connectivity index (χ2v) is 9.57. The summed E-state index contributed by atoms with van der Waals surface area (Å²) in [5, 5.41) is 0. The quantitative estimate of drug-likeness (QED) is 0.791. The third-order valence-electron chi connectivity index (χ3n) is 5.28. The number of nitrogens with two attached hydrogens (primary N) is 1. The fourth-order valence-electron chi connectivity index (χ4n) is 4.52. The lowest BCUT2D eigenvalue weighted by molar-refractivity contribution is 0.0288. The van der Waals surface area contributed by atoms with Crippen molar-refractivity contribution in [2.75, 3.05) is 39.4 Å². The molecule has 0 aromatic heterocycles. The van der Waals surface area contributed by atoms with E-state index in [0.29, 0.717) is 11.5 Å². The van der Waals surface area contributed by atoms with Crippen LogP contribution in [-0.2, 0) is 4.74 Å². The van der Waals surface area contributed by atoms with Gasteiger partial charge >= 0.3 is 0 Å². The molecule has 2 unspecified atom stereocenters. The summed E-state index contributed by atoms with van der Waals surface area (Å²) in [6.45, 7) is 17.3. The van der Waals surface area contributed by atoms with E-state index in [9.17, 15) is 0 Å². The highest BCUT2D eigenvalue weighted by atomic mass is 16.5. The Kier molecular flexibility index (Phi) is 5.91. The zero-order chi connectivity index (χ0) is 17.1. The Balaban J connectivity index is 1.96. The highest BCUT2D eigenvalue weighted by Crippen LogP contribution is 2.46. The molecule has 1 saturated carbocycles. The topological polar surface area (TPSA) is 50.8 Å². The molecule has 0 radical (unpaired) electrons. The van der Waals surface area contributed by atoms with Crippen molar-refractivity contribution >= 4 is 6.21 Å². The van der Waals surface area contributed by atoms with E-state index in [1.54, 1.807) is 0 Å². The molecule has 1 heterocycles. The van der Waals surface area contributed by atoms with Gasteiger partial charge in [0.25, 0.3) is 0 Å². The molecule has 2 rings (SSSR count). The summed E-state index contributed by atoms with van der Waals surface area (Å²) >= 11 is 0. The van der Waals surface area contributed by atoms with Gasteiger partial charge in [-0.3, -0.25) is 9.89 Å². The van der Waals surface area contributed by atoms with Gasteiger partial charge in [-0.25, -0.2) is 0 Å². The summed E-state index contributed by atoms with van der Waals surface area (Å²) < 4.78 is 5.44. The number of aliphatic imine (C=N–C) groups is 1. The van der Waals surface area contributed by atoms with E-state index in [0.717, 1.165) is 45.8 Å². The summed E-state index contributed by atoms with van der Waals surface area (Å²) in [6.07, 6.45) is 5.72. The molecule has 1 aliphatic carbocycles.